The molecule has 0 radical (unpaired) electrons. The van der Waals surface area contributed by atoms with E-state index < -0.39 is 0 Å². The molecular weight excluding hydrogens is 1400 g/mol. The van der Waals surface area contributed by atoms with Crippen LogP contribution in [-0.4, -0.2) is 218 Å². The van der Waals surface area contributed by atoms with Crippen LogP contribution in [0.5, 0.6) is 0 Å². The van der Waals surface area contributed by atoms with E-state index in [0.717, 1.165) is 88.1 Å². The Bertz CT molecular complexity index is 3970. The highest BCUT2D eigenvalue weighted by Gasteiger charge is 2.64. The number of benzene rings is 6. The molecule has 12 aliphatic heterocycles. The van der Waals surface area contributed by atoms with Crippen molar-refractivity contribution in [3.05, 3.63) is 179 Å². The van der Waals surface area contributed by atoms with Crippen molar-refractivity contribution in [2.24, 2.45) is 35.5 Å². The standard InChI is InChI=1S/2C18H26N2.C17H24N2O.2C16H22N2.C15H20N2O/c2*1-2-19-13-16-12-18(16,14-19)15-6-8-17(9-7-15)20-10-4-3-5-11-20;1-2-18-12-14-11-17(14,13-18)15-5-3-4-6-16(15)19-7-9-20-10-8-19;2*1-2-8-18(9-3-1)15-6-4-13(5-7-15)16-10-14(16)11-17-12-16;1-2-4-14(17-5-7-18-8-6-17)13(3-1)15-9-12(15)10-16-11-15/h2*6-9,16H,2-5,10-14H2,1H3;3-6,14H,2,7-13H2,1H3;2*4-7,14,17H,1-3,8-12H2;1-4,12,16H,5-11H2/t2*16-,18+;;2*14-,16+;/m10.10./s1. The van der Waals surface area contributed by atoms with E-state index in [1.54, 1.807) is 33.4 Å². The van der Waals surface area contributed by atoms with Gasteiger partial charge < -0.3 is 69.5 Å². The van der Waals surface area contributed by atoms with Crippen LogP contribution in [0.1, 0.15) is 170 Å². The molecule has 14 nitrogen and oxygen atoms in total. The van der Waals surface area contributed by atoms with Crippen molar-refractivity contribution >= 4 is 34.1 Å². The minimum absolute atomic E-state index is 0.453. The lowest BCUT2D eigenvalue weighted by Crippen LogP contribution is -2.37. The number of piperidine rings is 10. The molecular formula is C100H140N12O2. The Morgan fingerprint density at radius 3 is 0.851 bits per heavy atom. The Morgan fingerprint density at radius 2 is 0.553 bits per heavy atom. The highest BCUT2D eigenvalue weighted by molar-refractivity contribution is 5.63. The van der Waals surface area contributed by atoms with Crippen LogP contribution in [-0.2, 0) is 42.0 Å². The summed E-state index contributed by atoms with van der Waals surface area (Å²) < 4.78 is 11.0. The minimum atomic E-state index is 0.453. The van der Waals surface area contributed by atoms with Gasteiger partial charge in [-0.25, -0.2) is 0 Å². The smallest absolute Gasteiger partial charge is 0.0642 e. The molecule has 24 rings (SSSR count). The molecule has 6 saturated carbocycles. The van der Waals surface area contributed by atoms with Gasteiger partial charge in [0.15, 0.2) is 0 Å². The summed E-state index contributed by atoms with van der Waals surface area (Å²) >= 11 is 0. The molecule has 114 heavy (non-hydrogen) atoms. The zero-order valence-corrected chi connectivity index (χ0v) is 70.3. The van der Waals surface area contributed by atoms with Crippen LogP contribution in [0, 0.1) is 35.5 Å². The molecule has 14 heteroatoms. The molecule has 0 aromatic heterocycles. The van der Waals surface area contributed by atoms with E-state index in [-0.39, 0.29) is 0 Å². The molecule has 0 bridgehead atoms. The summed E-state index contributed by atoms with van der Waals surface area (Å²) in [6.45, 7) is 43.1. The summed E-state index contributed by atoms with van der Waals surface area (Å²) in [5.41, 5.74) is 21.1. The van der Waals surface area contributed by atoms with Crippen molar-refractivity contribution in [1.29, 1.82) is 0 Å². The van der Waals surface area contributed by atoms with Crippen LogP contribution < -0.4 is 45.3 Å². The zero-order valence-electron chi connectivity index (χ0n) is 70.3. The van der Waals surface area contributed by atoms with E-state index in [1.807, 2.05) is 0 Å². The third kappa shape index (κ3) is 15.7. The molecule has 12 heterocycles. The summed E-state index contributed by atoms with van der Waals surface area (Å²) in [5.74, 6) is 5.47. The lowest BCUT2D eigenvalue weighted by atomic mass is 9.92. The number of anilines is 6. The number of hydrogen-bond donors (Lipinski definition) is 3. The Kier molecular flexibility index (Phi) is 22.9. The topological polar surface area (TPSA) is 83.7 Å². The predicted molar refractivity (Wildman–Crippen MR) is 473 cm³/mol. The predicted octanol–water partition coefficient (Wildman–Crippen LogP) is 15.1. The van der Waals surface area contributed by atoms with Crippen molar-refractivity contribution in [1.82, 2.24) is 30.7 Å². The van der Waals surface area contributed by atoms with Gasteiger partial charge in [0.1, 0.15) is 0 Å². The highest BCUT2D eigenvalue weighted by atomic mass is 16.5. The average Bonchev–Trinajstić information content (AvgIpc) is 1.52. The van der Waals surface area contributed by atoms with E-state index >= 15 is 0 Å². The number of likely N-dealkylation sites (N-methyl/N-ethyl adjacent to an activating group) is 3. The zero-order chi connectivity index (χ0) is 76.7. The first-order valence-corrected chi connectivity index (χ1v) is 46.7. The average molecular weight is 1540 g/mol. The Balaban J connectivity index is 0.0000000918. The van der Waals surface area contributed by atoms with Gasteiger partial charge in [-0.15, -0.1) is 0 Å². The lowest BCUT2D eigenvalue weighted by molar-refractivity contribution is 0.122. The summed E-state index contributed by atoms with van der Waals surface area (Å²) in [7, 11) is 0. The van der Waals surface area contributed by atoms with Gasteiger partial charge in [0.25, 0.3) is 0 Å². The van der Waals surface area contributed by atoms with Crippen LogP contribution in [0.2, 0.25) is 0 Å². The molecule has 0 spiro atoms. The number of para-hydroxylation sites is 2. The van der Waals surface area contributed by atoms with Crippen LogP contribution in [0.3, 0.4) is 0 Å². The molecule has 12 saturated heterocycles. The number of hydrogen-bond acceptors (Lipinski definition) is 14. The Labute approximate surface area is 686 Å². The first-order chi connectivity index (χ1) is 56.1. The van der Waals surface area contributed by atoms with Crippen molar-refractivity contribution in [2.45, 2.75) is 169 Å². The molecule has 4 unspecified atom stereocenters. The van der Waals surface area contributed by atoms with Gasteiger partial charge >= 0.3 is 0 Å². The fourth-order valence-electron chi connectivity index (χ4n) is 24.7. The third-order valence-corrected chi connectivity index (χ3v) is 32.4. The second-order valence-electron chi connectivity index (χ2n) is 38.8. The first kappa shape index (κ1) is 77.7. The largest absolute Gasteiger partial charge is 0.378 e. The lowest BCUT2D eigenvalue weighted by Gasteiger charge is -2.32. The molecule has 612 valence electrons. The van der Waals surface area contributed by atoms with Crippen molar-refractivity contribution in [2.75, 3.05) is 233 Å². The second-order valence-corrected chi connectivity index (χ2v) is 38.8. The summed E-state index contributed by atoms with van der Waals surface area (Å²) in [5, 5.41) is 10.6. The van der Waals surface area contributed by atoms with E-state index in [2.05, 4.69) is 226 Å². The maximum atomic E-state index is 5.51. The van der Waals surface area contributed by atoms with Gasteiger partial charge in [-0.05, 0) is 284 Å². The van der Waals surface area contributed by atoms with Crippen molar-refractivity contribution in [3.63, 3.8) is 0 Å². The first-order valence-electron chi connectivity index (χ1n) is 46.7. The second kappa shape index (κ2) is 33.5. The molecule has 6 aromatic carbocycles. The Hall–Kier alpha value is -6.20. The molecule has 6 aromatic rings. The number of nitrogens with zero attached hydrogens (tertiary/aromatic N) is 9. The maximum Gasteiger partial charge on any atom is 0.0642 e. The number of morpholine rings is 2. The highest BCUT2D eigenvalue weighted by Crippen LogP contribution is 2.64. The van der Waals surface area contributed by atoms with E-state index in [0.29, 0.717) is 32.5 Å². The number of fused-ring (bicyclic) bond motifs is 6. The fraction of sp³-hybridized carbons (Fsp3) is 0.640. The van der Waals surface area contributed by atoms with E-state index in [4.69, 9.17) is 9.47 Å². The normalized spacial score (nSPS) is 33.8. The molecule has 18 aliphatic rings. The van der Waals surface area contributed by atoms with Crippen LogP contribution in [0.15, 0.2) is 146 Å². The quantitative estimate of drug-likeness (QED) is 0.0912. The molecule has 6 aliphatic carbocycles. The Morgan fingerprint density at radius 1 is 0.281 bits per heavy atom. The van der Waals surface area contributed by atoms with Gasteiger partial charge in [-0.1, -0.05) is 106 Å². The van der Waals surface area contributed by atoms with E-state index in [9.17, 15) is 0 Å². The van der Waals surface area contributed by atoms with Crippen LogP contribution in [0.4, 0.5) is 34.1 Å². The minimum Gasteiger partial charge on any atom is -0.378 e. The van der Waals surface area contributed by atoms with Crippen LogP contribution in [0.25, 0.3) is 0 Å². The molecule has 12 atom stereocenters. The van der Waals surface area contributed by atoms with Gasteiger partial charge in [-0.3, -0.25) is 0 Å². The van der Waals surface area contributed by atoms with Gasteiger partial charge in [0.2, 0.25) is 0 Å². The van der Waals surface area contributed by atoms with Crippen molar-refractivity contribution in [3.8, 4) is 0 Å². The summed E-state index contributed by atoms with van der Waals surface area (Å²) in [6, 6.07) is 56.2. The van der Waals surface area contributed by atoms with Crippen LogP contribution >= 0.6 is 0 Å². The van der Waals surface area contributed by atoms with Gasteiger partial charge in [-0.2, -0.15) is 0 Å². The number of likely N-dealkylation sites (tertiary alicyclic amines) is 3. The monoisotopic (exact) mass is 1540 g/mol. The summed E-state index contributed by atoms with van der Waals surface area (Å²) in [4.78, 5) is 23.1. The third-order valence-electron chi connectivity index (χ3n) is 32.4. The van der Waals surface area contributed by atoms with Crippen molar-refractivity contribution < 1.29 is 9.47 Å². The molecule has 18 fully saturated rings. The molecule has 0 amide bonds. The van der Waals surface area contributed by atoms with Gasteiger partial charge in [0, 0.05) is 204 Å². The number of rotatable bonds is 15. The van der Waals surface area contributed by atoms with Gasteiger partial charge in [0.05, 0.1) is 26.4 Å². The SMILES string of the molecule is CCN1CC2CC2(c2ccccc2N2CCOCC2)C1.CCN1C[C@@H]2C[C@]2(c2ccc(N3CCCCC3)cc2)C1.CCN1C[C@H]2C[C@@]2(c2ccc(N3CCCCC3)cc2)C1.c1cc([C@@]23CNC[C@@H]2C3)ccc1N1CCCCC1.c1cc([C@]23CNC[C@H]2C3)ccc1N1CCCCC1.c1ccc(C23CNCC2C3)c(N2CCOCC2)c1. The fourth-order valence-corrected chi connectivity index (χ4v) is 24.7. The summed E-state index contributed by atoms with van der Waals surface area (Å²) in [6.07, 6.45) is 24.9. The number of nitrogens with one attached hydrogen (secondary N) is 3. The number of ether oxygens (including phenoxy) is 2. The van der Waals surface area contributed by atoms with E-state index in [1.165, 1.54) is 300 Å². The maximum absolute atomic E-state index is 5.51. The molecule has 3 N–H and O–H groups in total.